The molecule has 5 nitrogen and oxygen atoms in total. The number of amides is 1. The third-order valence-corrected chi connectivity index (χ3v) is 5.43. The molecule has 0 N–H and O–H groups in total. The lowest BCUT2D eigenvalue weighted by molar-refractivity contribution is 0.0735. The van der Waals surface area contributed by atoms with Gasteiger partial charge in [0.1, 0.15) is 0 Å². The van der Waals surface area contributed by atoms with E-state index in [4.69, 9.17) is 4.52 Å². The van der Waals surface area contributed by atoms with Crippen molar-refractivity contribution < 1.29 is 9.32 Å². The molecule has 5 heteroatoms. The highest BCUT2D eigenvalue weighted by Gasteiger charge is 2.31. The smallest absolute Gasteiger partial charge is 0.257 e. The topological polar surface area (TPSA) is 59.2 Å². The Balaban J connectivity index is 1.62. The summed E-state index contributed by atoms with van der Waals surface area (Å²) in [7, 11) is 0. The molecule has 0 aliphatic carbocycles. The standard InChI is InChI=1S/C22H25N3O2/c1-14-18-12-16(13-23-20(18)27-24-14)21(26)25-11-5-6-19(25)15-7-9-17(10-8-15)22(2,3)4/h7-10,12-13,19H,5-6,11H2,1-4H3/t19-/m0/s1. The van der Waals surface area contributed by atoms with Crippen molar-refractivity contribution in [1.29, 1.82) is 0 Å². The van der Waals surface area contributed by atoms with Crippen LogP contribution in [0.4, 0.5) is 0 Å². The Bertz CT molecular complexity index is 983. The van der Waals surface area contributed by atoms with E-state index >= 15 is 0 Å². The molecule has 140 valence electrons. The van der Waals surface area contributed by atoms with Crippen molar-refractivity contribution in [3.05, 3.63) is 58.9 Å². The van der Waals surface area contributed by atoms with Gasteiger partial charge in [0.05, 0.1) is 22.7 Å². The molecule has 1 atom stereocenters. The lowest BCUT2D eigenvalue weighted by Gasteiger charge is -2.26. The van der Waals surface area contributed by atoms with Crippen LogP contribution in [0.25, 0.3) is 11.1 Å². The number of fused-ring (bicyclic) bond motifs is 1. The first kappa shape index (κ1) is 17.7. The molecular weight excluding hydrogens is 338 g/mol. The van der Waals surface area contributed by atoms with E-state index in [1.165, 1.54) is 11.1 Å². The molecule has 0 bridgehead atoms. The molecule has 3 heterocycles. The molecule has 0 spiro atoms. The molecule has 27 heavy (non-hydrogen) atoms. The van der Waals surface area contributed by atoms with Gasteiger partial charge in [0.2, 0.25) is 0 Å². The van der Waals surface area contributed by atoms with Gasteiger partial charge in [-0.05, 0) is 42.4 Å². The lowest BCUT2D eigenvalue weighted by atomic mass is 9.86. The number of benzene rings is 1. The maximum atomic E-state index is 13.2. The number of aromatic nitrogens is 2. The van der Waals surface area contributed by atoms with E-state index in [0.29, 0.717) is 11.3 Å². The number of pyridine rings is 1. The van der Waals surface area contributed by atoms with E-state index in [9.17, 15) is 4.79 Å². The first-order valence-electron chi connectivity index (χ1n) is 9.48. The van der Waals surface area contributed by atoms with Crippen LogP contribution in [-0.2, 0) is 5.41 Å². The van der Waals surface area contributed by atoms with Crippen molar-refractivity contribution in [2.24, 2.45) is 0 Å². The molecule has 1 aliphatic rings. The Hall–Kier alpha value is -2.69. The summed E-state index contributed by atoms with van der Waals surface area (Å²) in [4.78, 5) is 19.4. The fourth-order valence-electron chi connectivity index (χ4n) is 3.79. The Morgan fingerprint density at radius 1 is 1.22 bits per heavy atom. The van der Waals surface area contributed by atoms with Crippen LogP contribution in [0.15, 0.2) is 41.1 Å². The molecule has 2 aromatic heterocycles. The molecule has 0 unspecified atom stereocenters. The largest absolute Gasteiger partial charge is 0.336 e. The SMILES string of the molecule is Cc1noc2ncc(C(=O)N3CCC[C@H]3c3ccc(C(C)(C)C)cc3)cc12. The van der Waals surface area contributed by atoms with Crippen molar-refractivity contribution in [2.45, 2.75) is 52.0 Å². The molecule has 1 amide bonds. The Morgan fingerprint density at radius 3 is 2.67 bits per heavy atom. The molecular formula is C22H25N3O2. The van der Waals surface area contributed by atoms with Gasteiger partial charge < -0.3 is 9.42 Å². The molecule has 0 saturated carbocycles. The van der Waals surface area contributed by atoms with Gasteiger partial charge >= 0.3 is 0 Å². The quantitative estimate of drug-likeness (QED) is 0.656. The first-order valence-corrected chi connectivity index (χ1v) is 9.48. The van der Waals surface area contributed by atoms with Crippen molar-refractivity contribution in [2.75, 3.05) is 6.54 Å². The van der Waals surface area contributed by atoms with Gasteiger partial charge in [-0.25, -0.2) is 4.98 Å². The fourth-order valence-corrected chi connectivity index (χ4v) is 3.79. The summed E-state index contributed by atoms with van der Waals surface area (Å²) < 4.78 is 5.15. The van der Waals surface area contributed by atoms with Crippen LogP contribution in [0.5, 0.6) is 0 Å². The number of carbonyl (C=O) groups is 1. The van der Waals surface area contributed by atoms with Gasteiger partial charge in [0, 0.05) is 12.7 Å². The molecule has 1 aliphatic heterocycles. The number of hydrogen-bond acceptors (Lipinski definition) is 4. The summed E-state index contributed by atoms with van der Waals surface area (Å²) in [6.45, 7) is 9.26. The predicted octanol–water partition coefficient (Wildman–Crippen LogP) is 4.81. The molecule has 3 aromatic rings. The van der Waals surface area contributed by atoms with E-state index in [2.05, 4.69) is 55.2 Å². The van der Waals surface area contributed by atoms with Gasteiger partial charge in [-0.15, -0.1) is 0 Å². The third kappa shape index (κ3) is 3.22. The molecule has 4 rings (SSSR count). The average molecular weight is 363 g/mol. The van der Waals surface area contributed by atoms with Crippen LogP contribution < -0.4 is 0 Å². The highest BCUT2D eigenvalue weighted by atomic mass is 16.5. The summed E-state index contributed by atoms with van der Waals surface area (Å²) in [5.74, 6) is 0.0207. The van der Waals surface area contributed by atoms with E-state index in [1.54, 1.807) is 6.20 Å². The molecule has 1 aromatic carbocycles. The first-order chi connectivity index (χ1) is 12.8. The number of nitrogens with zero attached hydrogens (tertiary/aromatic N) is 3. The zero-order valence-electron chi connectivity index (χ0n) is 16.3. The van der Waals surface area contributed by atoms with Gasteiger partial charge in [-0.2, -0.15) is 0 Å². The average Bonchev–Trinajstić information content (AvgIpc) is 3.27. The van der Waals surface area contributed by atoms with Crippen molar-refractivity contribution in [1.82, 2.24) is 15.0 Å². The molecule has 1 saturated heterocycles. The van der Waals surface area contributed by atoms with Crippen LogP contribution in [0, 0.1) is 6.92 Å². The number of hydrogen-bond donors (Lipinski definition) is 0. The Labute approximate surface area is 159 Å². The second kappa shape index (κ2) is 6.48. The number of carbonyl (C=O) groups excluding carboxylic acids is 1. The maximum Gasteiger partial charge on any atom is 0.257 e. The van der Waals surface area contributed by atoms with Crippen molar-refractivity contribution in [3.63, 3.8) is 0 Å². The van der Waals surface area contributed by atoms with Crippen molar-refractivity contribution >= 4 is 17.0 Å². The minimum Gasteiger partial charge on any atom is -0.336 e. The molecule has 0 radical (unpaired) electrons. The van der Waals surface area contributed by atoms with E-state index < -0.39 is 0 Å². The summed E-state index contributed by atoms with van der Waals surface area (Å²) in [5, 5.41) is 4.72. The normalized spacial score (nSPS) is 17.6. The van der Waals surface area contributed by atoms with Crippen LogP contribution in [-0.4, -0.2) is 27.5 Å². The Kier molecular flexibility index (Phi) is 4.25. The fraction of sp³-hybridized carbons (Fsp3) is 0.409. The summed E-state index contributed by atoms with van der Waals surface area (Å²) in [6.07, 6.45) is 3.59. The lowest BCUT2D eigenvalue weighted by Crippen LogP contribution is -2.30. The van der Waals surface area contributed by atoms with Crippen LogP contribution in [0.1, 0.15) is 66.8 Å². The number of aryl methyl sites for hydroxylation is 1. The minimum atomic E-state index is 0.0207. The highest BCUT2D eigenvalue weighted by molar-refractivity contribution is 5.97. The zero-order chi connectivity index (χ0) is 19.2. The second-order valence-corrected chi connectivity index (χ2v) is 8.37. The highest BCUT2D eigenvalue weighted by Crippen LogP contribution is 2.34. The van der Waals surface area contributed by atoms with E-state index in [1.807, 2.05) is 17.9 Å². The zero-order valence-corrected chi connectivity index (χ0v) is 16.3. The van der Waals surface area contributed by atoms with Gasteiger partial charge in [0.15, 0.2) is 0 Å². The number of rotatable bonds is 2. The van der Waals surface area contributed by atoms with Gasteiger partial charge in [-0.1, -0.05) is 50.2 Å². The van der Waals surface area contributed by atoms with Crippen molar-refractivity contribution in [3.8, 4) is 0 Å². The second-order valence-electron chi connectivity index (χ2n) is 8.37. The minimum absolute atomic E-state index is 0.0207. The van der Waals surface area contributed by atoms with Gasteiger partial charge in [0.25, 0.3) is 11.6 Å². The van der Waals surface area contributed by atoms with E-state index in [0.717, 1.165) is 30.5 Å². The Morgan fingerprint density at radius 2 is 1.96 bits per heavy atom. The van der Waals surface area contributed by atoms with Gasteiger partial charge in [-0.3, -0.25) is 4.79 Å². The predicted molar refractivity (Wildman–Crippen MR) is 105 cm³/mol. The summed E-state index contributed by atoms with van der Waals surface area (Å²) >= 11 is 0. The van der Waals surface area contributed by atoms with Crippen LogP contribution in [0.3, 0.4) is 0 Å². The molecule has 1 fully saturated rings. The summed E-state index contributed by atoms with van der Waals surface area (Å²) in [5.41, 5.74) is 4.44. The van der Waals surface area contributed by atoms with E-state index in [-0.39, 0.29) is 17.4 Å². The summed E-state index contributed by atoms with van der Waals surface area (Å²) in [6, 6.07) is 10.7. The van der Waals surface area contributed by atoms with Crippen LogP contribution in [0.2, 0.25) is 0 Å². The number of likely N-dealkylation sites (tertiary alicyclic amines) is 1. The maximum absolute atomic E-state index is 13.2. The van der Waals surface area contributed by atoms with Crippen LogP contribution >= 0.6 is 0 Å². The third-order valence-electron chi connectivity index (χ3n) is 5.43. The monoisotopic (exact) mass is 363 g/mol.